The van der Waals surface area contributed by atoms with E-state index in [1.54, 1.807) is 0 Å². The van der Waals surface area contributed by atoms with Crippen LogP contribution in [-0.2, 0) is 19.4 Å². The first-order chi connectivity index (χ1) is 36.6. The molecule has 5 aromatic heterocycles. The summed E-state index contributed by atoms with van der Waals surface area (Å²) in [6.07, 6.45) is 3.75. The molecule has 14 aromatic rings. The second kappa shape index (κ2) is 17.8. The number of fused-ring (bicyclic) bond motifs is 7. The van der Waals surface area contributed by atoms with Crippen LogP contribution in [0.4, 0.5) is 0 Å². The molecule has 0 amide bonds. The van der Waals surface area contributed by atoms with Gasteiger partial charge in [-0.2, -0.15) is 0 Å². The van der Waals surface area contributed by atoms with Crippen molar-refractivity contribution in [2.75, 3.05) is 0 Å². The van der Waals surface area contributed by atoms with Crippen LogP contribution in [0.1, 0.15) is 5.56 Å². The molecule has 5 heterocycles. The summed E-state index contributed by atoms with van der Waals surface area (Å²) in [5, 5.41) is 4.74. The van der Waals surface area contributed by atoms with Gasteiger partial charge in [-0.1, -0.05) is 18.2 Å². The average molecular weight is 1130 g/mol. The van der Waals surface area contributed by atoms with Gasteiger partial charge < -0.3 is 0 Å². The van der Waals surface area contributed by atoms with Crippen molar-refractivity contribution in [1.29, 1.82) is 0 Å². The van der Waals surface area contributed by atoms with Crippen LogP contribution in [0.25, 0.3) is 111 Å². The monoisotopic (exact) mass is 1130 g/mol. The minimum atomic E-state index is 0.726. The molecule has 0 saturated heterocycles. The molecule has 0 atom stereocenters. The van der Waals surface area contributed by atoms with Crippen LogP contribution in [0.3, 0.4) is 0 Å². The topological polar surface area (TPSA) is 54.7 Å². The Labute approximate surface area is 437 Å². The molecule has 74 heavy (non-hydrogen) atoms. The van der Waals surface area contributed by atoms with Gasteiger partial charge in [-0.15, -0.1) is 0 Å². The number of para-hydroxylation sites is 5. The fourth-order valence-corrected chi connectivity index (χ4v) is 12.1. The third kappa shape index (κ3) is 7.19. The maximum absolute atomic E-state index is 6.88. The maximum atomic E-state index is 6.88. The van der Waals surface area contributed by atoms with Crippen molar-refractivity contribution in [3.05, 3.63) is 258 Å². The van der Waals surface area contributed by atoms with E-state index in [2.05, 4.69) is 262 Å². The molecule has 0 aliphatic rings. The van der Waals surface area contributed by atoms with Gasteiger partial charge in [0.05, 0.1) is 5.69 Å². The molecule has 0 N–H and O–H groups in total. The van der Waals surface area contributed by atoms with E-state index < -0.39 is 0 Å². The fourth-order valence-electron chi connectivity index (χ4n) is 11.0. The molecule has 0 saturated carbocycles. The van der Waals surface area contributed by atoms with Crippen molar-refractivity contribution >= 4 is 54.6 Å². The number of hydrogen-bond donors (Lipinski definition) is 0. The van der Waals surface area contributed by atoms with Crippen molar-refractivity contribution in [3.8, 4) is 67.9 Å². The van der Waals surface area contributed by atoms with E-state index in [0.717, 1.165) is 110 Å². The van der Waals surface area contributed by atoms with E-state index in [4.69, 9.17) is 9.72 Å². The van der Waals surface area contributed by atoms with Gasteiger partial charge >= 0.3 is 369 Å². The van der Waals surface area contributed by atoms with E-state index >= 15 is 0 Å². The standard InChI is InChI=1S/C66H44N6O.Pt/c1-44-37-65(68-42-57(44)58-28-16-17-36-67-58)72-61-31-13-10-27-53(61)54-35-34-50(41-64(54)72)73-49-24-18-23-47(38-49)69-43-70(63-33-15-14-32-62(63)69)66-55(45-19-4-2-5-20-45)39-48(40-56(66)46-21-6-3-7-22-46)71-59-29-11-8-25-51(59)52-26-9-12-30-60(52)71;/h2-42H,1H3;. The van der Waals surface area contributed by atoms with E-state index in [0.29, 0.717) is 0 Å². The molecule has 354 valence electrons. The fraction of sp³-hybridized carbons (Fsp3) is 0.0152. The minimum Gasteiger partial charge on any atom is -0.256 e. The Balaban J connectivity index is 0.923. The van der Waals surface area contributed by atoms with E-state index in [1.165, 1.54) is 21.8 Å². The summed E-state index contributed by atoms with van der Waals surface area (Å²) in [6.45, 7) is 2.12. The zero-order valence-electron chi connectivity index (χ0n) is 40.1. The Morgan fingerprint density at radius 1 is 0.378 bits per heavy atom. The molecule has 0 radical (unpaired) electrons. The molecular formula is C66H44N6OPt. The first kappa shape index (κ1) is 43.6. The summed E-state index contributed by atoms with van der Waals surface area (Å²) in [5.41, 5.74) is 17.3. The van der Waals surface area contributed by atoms with Crippen LogP contribution >= 0.6 is 0 Å². The average Bonchev–Trinajstić information content (AvgIpc) is 4.08. The molecule has 0 fully saturated rings. The number of hydrogen-bond acceptors (Lipinski definition) is 3. The Bertz CT molecular complexity index is 4440. The summed E-state index contributed by atoms with van der Waals surface area (Å²) >= 11 is 2.53. The van der Waals surface area contributed by atoms with Crippen molar-refractivity contribution in [2.24, 2.45) is 0 Å². The predicted molar refractivity (Wildman–Crippen MR) is 298 cm³/mol. The number of aryl methyl sites for hydroxylation is 1. The second-order valence-corrected chi connectivity index (χ2v) is 19.6. The van der Waals surface area contributed by atoms with Crippen LogP contribution < -0.4 is 4.74 Å². The molecule has 9 aromatic carbocycles. The molecule has 0 spiro atoms. The Morgan fingerprint density at radius 3 is 1.53 bits per heavy atom. The molecule has 0 aliphatic carbocycles. The van der Waals surface area contributed by atoms with Gasteiger partial charge in [0.1, 0.15) is 0 Å². The van der Waals surface area contributed by atoms with Crippen LogP contribution in [-0.4, -0.2) is 28.2 Å². The van der Waals surface area contributed by atoms with E-state index in [1.807, 2.05) is 36.7 Å². The van der Waals surface area contributed by atoms with Crippen molar-refractivity contribution in [3.63, 3.8) is 0 Å². The van der Waals surface area contributed by atoms with E-state index in [-0.39, 0.29) is 0 Å². The Kier molecular flexibility index (Phi) is 10.5. The molecule has 0 aliphatic heterocycles. The summed E-state index contributed by atoms with van der Waals surface area (Å²) < 4.78 is 17.3. The van der Waals surface area contributed by atoms with E-state index in [9.17, 15) is 0 Å². The number of rotatable bonds is 9. The van der Waals surface area contributed by atoms with Crippen LogP contribution in [0, 0.1) is 10.7 Å². The van der Waals surface area contributed by atoms with Gasteiger partial charge in [-0.25, -0.2) is 0 Å². The quantitative estimate of drug-likeness (QED) is 0.145. The van der Waals surface area contributed by atoms with Gasteiger partial charge in [0.15, 0.2) is 0 Å². The number of ether oxygens (including phenoxy) is 1. The first-order valence-electron chi connectivity index (χ1n) is 24.7. The van der Waals surface area contributed by atoms with Crippen LogP contribution in [0.2, 0.25) is 0 Å². The summed E-state index contributed by atoms with van der Waals surface area (Å²) in [7, 11) is 0. The predicted octanol–water partition coefficient (Wildman–Crippen LogP) is 16.6. The second-order valence-electron chi connectivity index (χ2n) is 18.6. The zero-order valence-corrected chi connectivity index (χ0v) is 42.4. The summed E-state index contributed by atoms with van der Waals surface area (Å²) in [4.78, 5) is 9.63. The summed E-state index contributed by atoms with van der Waals surface area (Å²) in [5.74, 6) is 2.29. The normalized spacial score (nSPS) is 11.7. The number of nitrogens with zero attached hydrogens (tertiary/aromatic N) is 6. The minimum absolute atomic E-state index is 0.726. The molecule has 0 unspecified atom stereocenters. The Morgan fingerprint density at radius 2 is 0.919 bits per heavy atom. The van der Waals surface area contributed by atoms with Crippen molar-refractivity contribution < 1.29 is 24.1 Å². The zero-order chi connectivity index (χ0) is 49.3. The van der Waals surface area contributed by atoms with Gasteiger partial charge in [0, 0.05) is 18.0 Å². The molecular weight excluding hydrogens is 1090 g/mol. The number of benzene rings is 9. The van der Waals surface area contributed by atoms with Crippen molar-refractivity contribution in [1.82, 2.24) is 28.2 Å². The summed E-state index contributed by atoms with van der Waals surface area (Å²) in [6, 6.07) is 84.0. The molecule has 0 bridgehead atoms. The third-order valence-corrected chi connectivity index (χ3v) is 15.3. The van der Waals surface area contributed by atoms with Crippen molar-refractivity contribution in [2.45, 2.75) is 6.92 Å². The van der Waals surface area contributed by atoms with Crippen LogP contribution in [0.5, 0.6) is 11.5 Å². The van der Waals surface area contributed by atoms with Crippen LogP contribution in [0.15, 0.2) is 249 Å². The number of imidazole rings is 1. The molecule has 7 nitrogen and oxygen atoms in total. The van der Waals surface area contributed by atoms with Gasteiger partial charge in [0.2, 0.25) is 0 Å². The first-order valence-corrected chi connectivity index (χ1v) is 25.8. The number of pyridine rings is 2. The SMILES string of the molecule is Cc1cc(-n2c3ccccc3c3ccc(Oc4cccc(-n5[c](=[Pt])n(-c6c(-c7ccccc7)cc(-n7c8ccccc8c8ccccc87)cc6-c6ccccc6)c6ccccc65)c4)cc32)ncc1-c1ccccn1. The smallest absolute Gasteiger partial charge is 0.256 e. The Hall–Kier alpha value is -9.16. The van der Waals surface area contributed by atoms with Gasteiger partial charge in [0.25, 0.3) is 0 Å². The molecule has 8 heteroatoms. The van der Waals surface area contributed by atoms with Gasteiger partial charge in [-0.05, 0) is 24.6 Å². The van der Waals surface area contributed by atoms with Gasteiger partial charge in [-0.3, -0.25) is 4.98 Å². The molecule has 14 rings (SSSR count). The number of aromatic nitrogens is 6. The third-order valence-electron chi connectivity index (χ3n) is 14.3.